The summed E-state index contributed by atoms with van der Waals surface area (Å²) in [6, 6.07) is 30.8. The molecule has 0 aromatic heterocycles. The molecule has 0 amide bonds. The Bertz CT molecular complexity index is 1630. The number of rotatable bonds is 3. The molecule has 6 aromatic rings. The minimum absolute atomic E-state index is 0.195. The van der Waals surface area contributed by atoms with Crippen LogP contribution in [0.4, 0.5) is 0 Å². The number of phenolic OH excluding ortho intramolecular Hbond substituents is 1. The van der Waals surface area contributed by atoms with E-state index in [1.807, 2.05) is 30.3 Å². The number of phenols is 1. The van der Waals surface area contributed by atoms with E-state index in [0.29, 0.717) is 5.56 Å². The molecule has 0 aliphatic heterocycles. The monoisotopic (exact) mass is 398 g/mol. The molecule has 0 saturated heterocycles. The molecule has 0 heterocycles. The van der Waals surface area contributed by atoms with Crippen LogP contribution in [-0.2, 0) is 0 Å². The smallest absolute Gasteiger partial charge is 0.125 e. The highest BCUT2D eigenvalue weighted by Crippen LogP contribution is 2.35. The molecule has 3 nitrogen and oxygen atoms in total. The lowest BCUT2D eigenvalue weighted by Crippen LogP contribution is -1.89. The van der Waals surface area contributed by atoms with Crippen LogP contribution >= 0.6 is 0 Å². The molecule has 6 aromatic carbocycles. The molecule has 0 radical (unpaired) electrons. The van der Waals surface area contributed by atoms with Gasteiger partial charge in [-0.25, -0.2) is 0 Å². The van der Waals surface area contributed by atoms with Gasteiger partial charge >= 0.3 is 0 Å². The second kappa shape index (κ2) is 6.92. The zero-order valence-electron chi connectivity index (χ0n) is 16.7. The molecule has 0 fully saturated rings. The number of aromatic hydroxyl groups is 1. The summed E-state index contributed by atoms with van der Waals surface area (Å²) in [5.74, 6) is 0.195. The van der Waals surface area contributed by atoms with E-state index in [1.165, 1.54) is 26.9 Å². The third kappa shape index (κ3) is 2.82. The van der Waals surface area contributed by atoms with Gasteiger partial charge in [0.15, 0.2) is 0 Å². The van der Waals surface area contributed by atoms with Gasteiger partial charge in [0.1, 0.15) is 5.75 Å². The van der Waals surface area contributed by atoms with Crippen LogP contribution in [0, 0.1) is 0 Å². The maximum Gasteiger partial charge on any atom is 0.125 e. The Balaban J connectivity index is 1.43. The van der Waals surface area contributed by atoms with E-state index < -0.39 is 0 Å². The number of nitrogens with zero attached hydrogens (tertiary/aromatic N) is 2. The van der Waals surface area contributed by atoms with Crippen LogP contribution in [0.3, 0.4) is 0 Å². The Kier molecular flexibility index (Phi) is 3.93. The number of fused-ring (bicyclic) bond motifs is 1. The summed E-state index contributed by atoms with van der Waals surface area (Å²) >= 11 is 0. The lowest BCUT2D eigenvalue weighted by molar-refractivity contribution is 0.475. The third-order valence-electron chi connectivity index (χ3n) is 5.96. The maximum absolute atomic E-state index is 10.3. The summed E-state index contributed by atoms with van der Waals surface area (Å²) in [7, 11) is 0. The predicted octanol–water partition coefficient (Wildman–Crippen LogP) is 6.90. The minimum Gasteiger partial charge on any atom is -0.507 e. The van der Waals surface area contributed by atoms with Crippen molar-refractivity contribution in [1.82, 2.24) is 0 Å². The first-order valence-electron chi connectivity index (χ1n) is 10.2. The fourth-order valence-electron chi connectivity index (χ4n) is 4.48. The van der Waals surface area contributed by atoms with Gasteiger partial charge in [-0.05, 0) is 49.2 Å². The van der Waals surface area contributed by atoms with E-state index in [4.69, 9.17) is 0 Å². The van der Waals surface area contributed by atoms with Gasteiger partial charge in [-0.1, -0.05) is 84.9 Å². The Morgan fingerprint density at radius 2 is 1.16 bits per heavy atom. The van der Waals surface area contributed by atoms with Gasteiger partial charge in [0.25, 0.3) is 0 Å². The lowest BCUT2D eigenvalue weighted by atomic mass is 9.92. The number of benzene rings is 6. The summed E-state index contributed by atoms with van der Waals surface area (Å²) in [5, 5.41) is 28.2. The van der Waals surface area contributed by atoms with Gasteiger partial charge in [-0.3, -0.25) is 0 Å². The molecule has 6 rings (SSSR count). The van der Waals surface area contributed by atoms with Crippen LogP contribution < -0.4 is 0 Å². The summed E-state index contributed by atoms with van der Waals surface area (Å²) < 4.78 is 0. The number of hydrogen-bond donors (Lipinski definition) is 1. The standard InChI is InChI=1S/C28H18N2O/c31-26-15-13-18-4-1-2-7-23(18)25(26)17-30-29-16-22-11-10-21-9-8-19-5-3-6-20-12-14-24(22)28(21)27(19)20/h1-17,31H/b29-16+,30-17+. The van der Waals surface area contributed by atoms with Crippen molar-refractivity contribution < 1.29 is 5.11 Å². The fourth-order valence-corrected chi connectivity index (χ4v) is 4.48. The summed E-state index contributed by atoms with van der Waals surface area (Å²) in [5.41, 5.74) is 1.69. The topological polar surface area (TPSA) is 45.0 Å². The van der Waals surface area contributed by atoms with Crippen molar-refractivity contribution in [3.05, 3.63) is 102 Å². The molecule has 31 heavy (non-hydrogen) atoms. The van der Waals surface area contributed by atoms with Gasteiger partial charge in [-0.15, -0.1) is 0 Å². The largest absolute Gasteiger partial charge is 0.507 e. The maximum atomic E-state index is 10.3. The van der Waals surface area contributed by atoms with Crippen molar-refractivity contribution in [2.45, 2.75) is 0 Å². The molecule has 0 atom stereocenters. The van der Waals surface area contributed by atoms with E-state index in [0.717, 1.165) is 21.7 Å². The molecule has 0 bridgehead atoms. The van der Waals surface area contributed by atoms with Crippen LogP contribution in [0.25, 0.3) is 43.1 Å². The molecule has 1 N–H and O–H groups in total. The molecule has 0 spiro atoms. The summed E-state index contributed by atoms with van der Waals surface area (Å²) in [6.07, 6.45) is 3.40. The van der Waals surface area contributed by atoms with E-state index in [9.17, 15) is 5.11 Å². The quantitative estimate of drug-likeness (QED) is 0.197. The molecular formula is C28H18N2O. The number of hydrogen-bond acceptors (Lipinski definition) is 3. The molecule has 0 aliphatic carbocycles. The summed E-state index contributed by atoms with van der Waals surface area (Å²) in [4.78, 5) is 0. The van der Waals surface area contributed by atoms with Gasteiger partial charge < -0.3 is 5.11 Å². The van der Waals surface area contributed by atoms with Crippen LogP contribution in [0.1, 0.15) is 11.1 Å². The van der Waals surface area contributed by atoms with Crippen LogP contribution in [0.5, 0.6) is 5.75 Å². The molecule has 0 aliphatic rings. The highest BCUT2D eigenvalue weighted by molar-refractivity contribution is 6.25. The first-order valence-corrected chi connectivity index (χ1v) is 10.2. The molecule has 3 heteroatoms. The van der Waals surface area contributed by atoms with Crippen molar-refractivity contribution in [2.75, 3.05) is 0 Å². The Labute approximate surface area is 178 Å². The first kappa shape index (κ1) is 17.6. The Hall–Kier alpha value is -4.24. The van der Waals surface area contributed by atoms with Crippen LogP contribution in [-0.4, -0.2) is 17.5 Å². The zero-order chi connectivity index (χ0) is 20.8. The van der Waals surface area contributed by atoms with E-state index in [2.05, 4.69) is 64.8 Å². The van der Waals surface area contributed by atoms with Gasteiger partial charge in [-0.2, -0.15) is 10.2 Å². The lowest BCUT2D eigenvalue weighted by Gasteiger charge is -2.11. The Morgan fingerprint density at radius 1 is 0.516 bits per heavy atom. The zero-order valence-corrected chi connectivity index (χ0v) is 16.7. The highest BCUT2D eigenvalue weighted by atomic mass is 16.3. The van der Waals surface area contributed by atoms with Crippen molar-refractivity contribution in [3.63, 3.8) is 0 Å². The van der Waals surface area contributed by atoms with E-state index >= 15 is 0 Å². The third-order valence-corrected chi connectivity index (χ3v) is 5.96. The van der Waals surface area contributed by atoms with Crippen molar-refractivity contribution in [1.29, 1.82) is 0 Å². The predicted molar refractivity (Wildman–Crippen MR) is 131 cm³/mol. The minimum atomic E-state index is 0.195. The molecular weight excluding hydrogens is 380 g/mol. The first-order chi connectivity index (χ1) is 15.3. The fraction of sp³-hybridized carbons (Fsp3) is 0. The average Bonchev–Trinajstić information content (AvgIpc) is 2.82. The Morgan fingerprint density at radius 3 is 2.03 bits per heavy atom. The molecule has 146 valence electrons. The van der Waals surface area contributed by atoms with Crippen molar-refractivity contribution >= 4 is 55.5 Å². The normalized spacial score (nSPS) is 12.4. The average molecular weight is 398 g/mol. The van der Waals surface area contributed by atoms with Crippen molar-refractivity contribution in [2.24, 2.45) is 10.2 Å². The second-order valence-electron chi connectivity index (χ2n) is 7.72. The van der Waals surface area contributed by atoms with Crippen LogP contribution in [0.2, 0.25) is 0 Å². The summed E-state index contributed by atoms with van der Waals surface area (Å²) in [6.45, 7) is 0. The van der Waals surface area contributed by atoms with Crippen LogP contribution in [0.15, 0.2) is 101 Å². The van der Waals surface area contributed by atoms with Gasteiger partial charge in [0, 0.05) is 11.1 Å². The van der Waals surface area contributed by atoms with E-state index in [1.54, 1.807) is 18.5 Å². The van der Waals surface area contributed by atoms with Gasteiger partial charge in [0.2, 0.25) is 0 Å². The van der Waals surface area contributed by atoms with E-state index in [-0.39, 0.29) is 5.75 Å². The SMILES string of the molecule is Oc1ccc2ccccc2c1/C=N/N=C/c1ccc2ccc3cccc4ccc1c2c34. The highest BCUT2D eigenvalue weighted by Gasteiger charge is 2.09. The second-order valence-corrected chi connectivity index (χ2v) is 7.72. The van der Waals surface area contributed by atoms with Gasteiger partial charge in [0.05, 0.1) is 12.4 Å². The molecule has 0 saturated carbocycles. The molecule has 0 unspecified atom stereocenters. The van der Waals surface area contributed by atoms with Crippen molar-refractivity contribution in [3.8, 4) is 5.75 Å².